The van der Waals surface area contributed by atoms with Gasteiger partial charge in [0.05, 0.1) is 23.4 Å². The molecule has 2 N–H and O–H groups in total. The molecule has 2 aromatic rings. The summed E-state index contributed by atoms with van der Waals surface area (Å²) < 4.78 is 7.41. The Kier molecular flexibility index (Phi) is 7.89. The van der Waals surface area contributed by atoms with Gasteiger partial charge in [-0.05, 0) is 57.5 Å². The van der Waals surface area contributed by atoms with E-state index >= 15 is 0 Å². The molecule has 1 aliphatic rings. The van der Waals surface area contributed by atoms with E-state index in [1.54, 1.807) is 18.2 Å². The smallest absolute Gasteiger partial charge is 0.278 e. The van der Waals surface area contributed by atoms with Crippen LogP contribution in [0.5, 0.6) is 5.75 Å². The molecule has 0 unspecified atom stereocenters. The molecule has 1 aromatic carbocycles. The molecule has 0 aliphatic carbocycles. The Labute approximate surface area is 170 Å². The summed E-state index contributed by atoms with van der Waals surface area (Å²) in [4.78, 5) is 12.6. The number of benzene rings is 1. The number of nitrogens with zero attached hydrogens (tertiary/aromatic N) is 3. The predicted molar refractivity (Wildman–Crippen MR) is 108 cm³/mol. The van der Waals surface area contributed by atoms with Gasteiger partial charge in [0.25, 0.3) is 5.91 Å². The minimum atomic E-state index is -0.291. The van der Waals surface area contributed by atoms with Crippen molar-refractivity contribution in [2.75, 3.05) is 25.0 Å². The minimum Gasteiger partial charge on any atom is -0.492 e. The average molecular weight is 414 g/mol. The van der Waals surface area contributed by atoms with E-state index in [1.165, 1.54) is 0 Å². The van der Waals surface area contributed by atoms with Crippen molar-refractivity contribution in [3.63, 3.8) is 0 Å². The van der Waals surface area contributed by atoms with Crippen LogP contribution in [-0.2, 0) is 0 Å². The summed E-state index contributed by atoms with van der Waals surface area (Å²) in [5, 5.41) is 14.9. The second-order valence-corrected chi connectivity index (χ2v) is 6.80. The van der Waals surface area contributed by atoms with Crippen molar-refractivity contribution in [2.24, 2.45) is 0 Å². The Morgan fingerprint density at radius 2 is 2.15 bits per heavy atom. The number of rotatable bonds is 6. The molecule has 7 nitrogen and oxygen atoms in total. The van der Waals surface area contributed by atoms with E-state index in [0.29, 0.717) is 28.8 Å². The molecule has 27 heavy (non-hydrogen) atoms. The lowest BCUT2D eigenvalue weighted by molar-refractivity contribution is 0.102. The maximum absolute atomic E-state index is 12.6. The number of anilines is 1. The predicted octanol–water partition coefficient (Wildman–Crippen LogP) is 3.63. The summed E-state index contributed by atoms with van der Waals surface area (Å²) in [6, 6.07) is 5.49. The van der Waals surface area contributed by atoms with Gasteiger partial charge >= 0.3 is 0 Å². The molecule has 1 amide bonds. The van der Waals surface area contributed by atoms with E-state index in [1.807, 2.05) is 18.5 Å². The molecule has 3 rings (SSSR count). The molecule has 1 saturated heterocycles. The third-order valence-electron chi connectivity index (χ3n) is 4.45. The molecule has 0 saturated carbocycles. The van der Waals surface area contributed by atoms with Gasteiger partial charge in [0, 0.05) is 5.69 Å². The lowest BCUT2D eigenvalue weighted by Crippen LogP contribution is -2.30. The number of halogens is 2. The number of nitrogens with one attached hydrogen (secondary N) is 2. The van der Waals surface area contributed by atoms with Crippen LogP contribution in [0.1, 0.15) is 48.4 Å². The highest BCUT2D eigenvalue weighted by atomic mass is 35.5. The Bertz CT molecular complexity index is 775. The van der Waals surface area contributed by atoms with Crippen LogP contribution in [0.15, 0.2) is 18.2 Å². The average Bonchev–Trinajstić information content (AvgIpc) is 3.03. The van der Waals surface area contributed by atoms with Gasteiger partial charge in [0.1, 0.15) is 5.75 Å². The Morgan fingerprint density at radius 3 is 2.81 bits per heavy atom. The first-order valence-corrected chi connectivity index (χ1v) is 9.34. The monoisotopic (exact) mass is 413 g/mol. The summed E-state index contributed by atoms with van der Waals surface area (Å²) in [7, 11) is 0. The summed E-state index contributed by atoms with van der Waals surface area (Å²) in [6.45, 7) is 6.42. The second kappa shape index (κ2) is 9.92. The highest BCUT2D eigenvalue weighted by Crippen LogP contribution is 2.28. The maximum atomic E-state index is 12.6. The van der Waals surface area contributed by atoms with Crippen molar-refractivity contribution in [3.05, 3.63) is 34.6 Å². The van der Waals surface area contributed by atoms with Crippen LogP contribution in [0.4, 0.5) is 5.69 Å². The second-order valence-electron chi connectivity index (χ2n) is 6.40. The van der Waals surface area contributed by atoms with Crippen molar-refractivity contribution in [3.8, 4) is 5.75 Å². The zero-order valence-electron chi connectivity index (χ0n) is 15.5. The van der Waals surface area contributed by atoms with Gasteiger partial charge < -0.3 is 15.4 Å². The number of amides is 1. The summed E-state index contributed by atoms with van der Waals surface area (Å²) >= 11 is 6.22. The van der Waals surface area contributed by atoms with Crippen molar-refractivity contribution in [1.29, 1.82) is 0 Å². The van der Waals surface area contributed by atoms with E-state index in [-0.39, 0.29) is 24.4 Å². The van der Waals surface area contributed by atoms with Crippen LogP contribution in [0.2, 0.25) is 5.02 Å². The molecular weight excluding hydrogens is 389 g/mol. The topological polar surface area (TPSA) is 81.1 Å². The van der Waals surface area contributed by atoms with E-state index in [9.17, 15) is 4.79 Å². The van der Waals surface area contributed by atoms with Gasteiger partial charge in [-0.3, -0.25) is 4.79 Å². The largest absolute Gasteiger partial charge is 0.492 e. The third-order valence-corrected chi connectivity index (χ3v) is 4.74. The first kappa shape index (κ1) is 21.5. The van der Waals surface area contributed by atoms with Crippen LogP contribution in [-0.4, -0.2) is 40.6 Å². The van der Waals surface area contributed by atoms with Gasteiger partial charge in [-0.2, -0.15) is 0 Å². The van der Waals surface area contributed by atoms with E-state index < -0.39 is 0 Å². The van der Waals surface area contributed by atoms with Gasteiger partial charge in [-0.25, -0.2) is 4.68 Å². The Morgan fingerprint density at radius 1 is 1.41 bits per heavy atom. The molecule has 0 atom stereocenters. The highest BCUT2D eigenvalue weighted by Gasteiger charge is 2.23. The molecule has 0 bridgehead atoms. The number of hydrogen-bond acceptors (Lipinski definition) is 5. The Balaban J connectivity index is 0.00000261. The number of carbonyl (C=O) groups is 1. The molecule has 2 heterocycles. The maximum Gasteiger partial charge on any atom is 0.278 e. The minimum absolute atomic E-state index is 0. The Hall–Kier alpha value is -1.83. The van der Waals surface area contributed by atoms with Gasteiger partial charge in [-0.15, -0.1) is 17.5 Å². The number of ether oxygens (including phenoxy) is 1. The fraction of sp³-hybridized carbons (Fsp3) is 0.500. The first-order valence-electron chi connectivity index (χ1n) is 8.96. The normalized spacial score (nSPS) is 14.5. The quantitative estimate of drug-likeness (QED) is 0.755. The van der Waals surface area contributed by atoms with Crippen molar-refractivity contribution in [1.82, 2.24) is 20.3 Å². The fourth-order valence-corrected chi connectivity index (χ4v) is 3.28. The number of hydrogen-bond donors (Lipinski definition) is 2. The van der Waals surface area contributed by atoms with Gasteiger partial charge in [0.15, 0.2) is 5.69 Å². The number of aromatic nitrogens is 3. The van der Waals surface area contributed by atoms with Crippen LogP contribution >= 0.6 is 24.0 Å². The van der Waals surface area contributed by atoms with Gasteiger partial charge in [0.2, 0.25) is 0 Å². The number of carbonyl (C=O) groups excluding carboxylic acids is 1. The molecule has 1 fully saturated rings. The summed E-state index contributed by atoms with van der Waals surface area (Å²) in [5.41, 5.74) is 1.72. The molecule has 1 aliphatic heterocycles. The first-order chi connectivity index (χ1) is 12.6. The summed E-state index contributed by atoms with van der Waals surface area (Å²) in [5.74, 6) is 0.320. The standard InChI is InChI=1S/C18H24ClN5O2.ClH/c1-3-10-26-16-5-4-13(11-15(16)19)21-18(25)17-12(2)24(23-22-17)14-6-8-20-9-7-14;/h4-5,11,14,20H,3,6-10H2,1-2H3,(H,21,25);1H. The third kappa shape index (κ3) is 5.12. The molecule has 9 heteroatoms. The van der Waals surface area contributed by atoms with Crippen molar-refractivity contribution < 1.29 is 9.53 Å². The van der Waals surface area contributed by atoms with E-state index in [2.05, 4.69) is 20.9 Å². The highest BCUT2D eigenvalue weighted by molar-refractivity contribution is 6.32. The van der Waals surface area contributed by atoms with Crippen LogP contribution in [0.25, 0.3) is 0 Å². The fourth-order valence-electron chi connectivity index (χ4n) is 3.05. The molecule has 0 spiro atoms. The lowest BCUT2D eigenvalue weighted by Gasteiger charge is -2.23. The zero-order valence-corrected chi connectivity index (χ0v) is 17.1. The number of piperidine rings is 1. The van der Waals surface area contributed by atoms with Gasteiger partial charge in [-0.1, -0.05) is 23.7 Å². The van der Waals surface area contributed by atoms with Crippen LogP contribution in [0, 0.1) is 6.92 Å². The van der Waals surface area contributed by atoms with E-state index in [0.717, 1.165) is 38.0 Å². The lowest BCUT2D eigenvalue weighted by atomic mass is 10.1. The van der Waals surface area contributed by atoms with Crippen LogP contribution in [0.3, 0.4) is 0 Å². The molecular formula is C18H25Cl2N5O2. The summed E-state index contributed by atoms with van der Waals surface area (Å²) in [6.07, 6.45) is 2.88. The molecule has 148 valence electrons. The van der Waals surface area contributed by atoms with Crippen LogP contribution < -0.4 is 15.4 Å². The zero-order chi connectivity index (χ0) is 18.5. The van der Waals surface area contributed by atoms with Crippen molar-refractivity contribution in [2.45, 2.75) is 39.2 Å². The SMILES string of the molecule is CCCOc1ccc(NC(=O)c2nnn(C3CCNCC3)c2C)cc1Cl.Cl. The molecule has 0 radical (unpaired) electrons. The molecule has 1 aromatic heterocycles. The van der Waals surface area contributed by atoms with Crippen molar-refractivity contribution >= 4 is 35.6 Å². The van der Waals surface area contributed by atoms with E-state index in [4.69, 9.17) is 16.3 Å².